The van der Waals surface area contributed by atoms with Crippen LogP contribution in [0.5, 0.6) is 0 Å². The molecule has 0 heterocycles. The van der Waals surface area contributed by atoms with Gasteiger partial charge in [0.15, 0.2) is 5.78 Å². The van der Waals surface area contributed by atoms with Gasteiger partial charge in [-0.25, -0.2) is 4.79 Å². The molecule has 178 valence electrons. The number of halogens is 2. The third-order valence-corrected chi connectivity index (χ3v) is 4.73. The number of nitrogens with one attached hydrogen (secondary N) is 2. The van der Waals surface area contributed by atoms with Crippen molar-refractivity contribution in [2.75, 3.05) is 11.8 Å². The highest BCUT2D eigenvalue weighted by molar-refractivity contribution is 6.35. The number of ether oxygens (including phenoxy) is 1. The van der Waals surface area contributed by atoms with E-state index in [0.29, 0.717) is 0 Å². The monoisotopic (exact) mass is 496 g/mol. The van der Waals surface area contributed by atoms with Crippen molar-refractivity contribution in [1.29, 1.82) is 0 Å². The topological polar surface area (TPSA) is 122 Å². The lowest BCUT2D eigenvalue weighted by molar-refractivity contribution is -0.141. The number of benzene rings is 2. The molecule has 2 rings (SSSR count). The summed E-state index contributed by atoms with van der Waals surface area (Å²) in [4.78, 5) is 45.4. The largest absolute Gasteiger partial charge is 0.480 e. The molecule has 0 unspecified atom stereocenters. The van der Waals surface area contributed by atoms with E-state index in [1.165, 1.54) is 6.92 Å². The van der Waals surface area contributed by atoms with Crippen molar-refractivity contribution in [3.63, 3.8) is 0 Å². The van der Waals surface area contributed by atoms with Crippen LogP contribution in [0.2, 0.25) is 0 Å². The van der Waals surface area contributed by atoms with Gasteiger partial charge in [0, 0.05) is 6.42 Å². The predicted octanol–water partition coefficient (Wildman–Crippen LogP) is 3.15. The van der Waals surface area contributed by atoms with E-state index in [2.05, 4.69) is 10.6 Å². The van der Waals surface area contributed by atoms with Crippen LogP contribution in [0.15, 0.2) is 60.7 Å². The summed E-state index contributed by atoms with van der Waals surface area (Å²) >= 11 is 10.0. The van der Waals surface area contributed by atoms with E-state index in [9.17, 15) is 19.2 Å². The third-order valence-electron chi connectivity index (χ3n) is 4.13. The van der Waals surface area contributed by atoms with Crippen LogP contribution < -0.4 is 10.6 Å². The van der Waals surface area contributed by atoms with Gasteiger partial charge in [-0.1, -0.05) is 60.7 Å². The van der Waals surface area contributed by atoms with E-state index in [4.69, 9.17) is 33.0 Å². The second-order valence-electron chi connectivity index (χ2n) is 6.82. The molecule has 0 saturated carbocycles. The van der Waals surface area contributed by atoms with Crippen LogP contribution in [0.3, 0.4) is 0 Å². The highest BCUT2D eigenvalue weighted by Gasteiger charge is 2.25. The van der Waals surface area contributed by atoms with Crippen molar-refractivity contribution in [3.05, 3.63) is 71.8 Å². The number of carbonyl (C=O) groups excluding carboxylic acids is 3. The smallest absolute Gasteiger partial charge is 0.408 e. The maximum Gasteiger partial charge on any atom is 0.408 e. The van der Waals surface area contributed by atoms with Crippen LogP contribution in [-0.2, 0) is 32.1 Å². The van der Waals surface area contributed by atoms with Crippen molar-refractivity contribution in [2.45, 2.75) is 32.0 Å². The molecule has 2 aromatic rings. The van der Waals surface area contributed by atoms with Crippen LogP contribution in [0, 0.1) is 0 Å². The summed E-state index contributed by atoms with van der Waals surface area (Å²) in [5.41, 5.74) is 1.64. The molecular weight excluding hydrogens is 471 g/mol. The van der Waals surface area contributed by atoms with Gasteiger partial charge in [0.25, 0.3) is 0 Å². The Labute approximate surface area is 202 Å². The highest BCUT2D eigenvalue weighted by atomic mass is 35.5. The number of alkyl carbamates (subject to hydrolysis) is 1. The maximum atomic E-state index is 12.4. The maximum absolute atomic E-state index is 12.4. The van der Waals surface area contributed by atoms with Gasteiger partial charge in [-0.05, 0) is 18.1 Å². The fraction of sp³-hybridized carbons (Fsp3) is 0.304. The van der Waals surface area contributed by atoms with Crippen LogP contribution in [0.1, 0.15) is 18.1 Å². The van der Waals surface area contributed by atoms with Crippen molar-refractivity contribution in [2.24, 2.45) is 0 Å². The number of ketones is 1. The summed E-state index contributed by atoms with van der Waals surface area (Å²) in [7, 11) is 0. The minimum Gasteiger partial charge on any atom is -0.480 e. The molecule has 0 saturated heterocycles. The molecule has 0 aromatic heterocycles. The number of amides is 2. The second kappa shape index (κ2) is 15.7. The molecule has 2 amide bonds. The number of alkyl halides is 2. The number of aliphatic carboxylic acids is 1. The van der Waals surface area contributed by atoms with Crippen molar-refractivity contribution >= 4 is 47.0 Å². The summed E-state index contributed by atoms with van der Waals surface area (Å²) in [6, 6.07) is 16.2. The van der Waals surface area contributed by atoms with Crippen molar-refractivity contribution in [1.82, 2.24) is 10.6 Å². The van der Waals surface area contributed by atoms with Gasteiger partial charge in [0.2, 0.25) is 5.91 Å². The molecule has 8 nitrogen and oxygen atoms in total. The number of rotatable bonds is 10. The summed E-state index contributed by atoms with van der Waals surface area (Å²) in [5.74, 6) is -1.82. The molecule has 2 aromatic carbocycles. The van der Waals surface area contributed by atoms with E-state index >= 15 is 0 Å². The number of carbonyl (C=O) groups is 4. The third kappa shape index (κ3) is 11.9. The first-order chi connectivity index (χ1) is 15.8. The normalized spacial score (nSPS) is 11.7. The second-order valence-corrected chi connectivity index (χ2v) is 7.36. The Morgan fingerprint density at radius 2 is 1.39 bits per heavy atom. The van der Waals surface area contributed by atoms with Crippen LogP contribution in [0.4, 0.5) is 4.79 Å². The van der Waals surface area contributed by atoms with Gasteiger partial charge in [0.1, 0.15) is 18.7 Å². The Morgan fingerprint density at radius 3 is 1.85 bits per heavy atom. The molecule has 0 aliphatic rings. The quantitative estimate of drug-likeness (QED) is 0.434. The van der Waals surface area contributed by atoms with Crippen LogP contribution in [-0.4, -0.2) is 52.7 Å². The first-order valence-corrected chi connectivity index (χ1v) is 11.0. The molecule has 0 spiro atoms. The van der Waals surface area contributed by atoms with E-state index < -0.39 is 30.1 Å². The molecule has 3 N–H and O–H groups in total. The van der Waals surface area contributed by atoms with Crippen molar-refractivity contribution in [3.8, 4) is 0 Å². The summed E-state index contributed by atoms with van der Waals surface area (Å²) in [6.45, 7) is 1.42. The summed E-state index contributed by atoms with van der Waals surface area (Å²) < 4.78 is 5.15. The number of carboxylic acid groups (broad SMARTS) is 1. The van der Waals surface area contributed by atoms with Gasteiger partial charge >= 0.3 is 12.1 Å². The fourth-order valence-corrected chi connectivity index (χ4v) is 2.66. The Bertz CT molecular complexity index is 890. The minimum absolute atomic E-state index is 0.0312. The van der Waals surface area contributed by atoms with E-state index in [0.717, 1.165) is 11.1 Å². The average Bonchev–Trinajstić information content (AvgIpc) is 2.83. The van der Waals surface area contributed by atoms with Gasteiger partial charge in [-0.2, -0.15) is 0 Å². The summed E-state index contributed by atoms with van der Waals surface area (Å²) in [5, 5.41) is 13.9. The van der Waals surface area contributed by atoms with Gasteiger partial charge < -0.3 is 20.5 Å². The summed E-state index contributed by atoms with van der Waals surface area (Å²) in [6.07, 6.45) is -0.544. The average molecular weight is 497 g/mol. The zero-order valence-electron chi connectivity index (χ0n) is 18.0. The lowest BCUT2D eigenvalue weighted by atomic mass is 10.1. The zero-order chi connectivity index (χ0) is 24.6. The Morgan fingerprint density at radius 1 is 0.879 bits per heavy atom. The lowest BCUT2D eigenvalue weighted by Gasteiger charge is -2.20. The highest BCUT2D eigenvalue weighted by Crippen LogP contribution is 2.06. The number of Topliss-reactive ketones (excluding diaryl/α,β-unsaturated/α-hetero) is 1. The molecule has 33 heavy (non-hydrogen) atoms. The fourth-order valence-electron chi connectivity index (χ4n) is 2.38. The van der Waals surface area contributed by atoms with Gasteiger partial charge in [-0.3, -0.25) is 14.4 Å². The molecular formula is C23H26Cl2N2O6. The van der Waals surface area contributed by atoms with Crippen molar-refractivity contribution < 1.29 is 29.0 Å². The van der Waals surface area contributed by atoms with E-state index in [-0.39, 0.29) is 30.6 Å². The molecule has 2 atom stereocenters. The number of hydrogen-bond acceptors (Lipinski definition) is 5. The zero-order valence-corrected chi connectivity index (χ0v) is 19.5. The Balaban J connectivity index is 0.000000801. The van der Waals surface area contributed by atoms with Crippen LogP contribution in [0.25, 0.3) is 0 Å². The van der Waals surface area contributed by atoms with Crippen LogP contribution >= 0.6 is 23.2 Å². The standard InChI is InChI=1S/C20H22N2O5.C3H4Cl2O/c1-14(19(24)25)21-18(23)17(12-15-8-4-2-5-9-15)22-20(26)27-13-16-10-6-3-7-11-16;4-1-3(6)2-5/h2-11,14,17H,12-13H2,1H3,(H,21,23)(H,22,26)(H,24,25);1-2H2/t14-,17-;/m0./s1. The van der Waals surface area contributed by atoms with Gasteiger partial charge in [0.05, 0.1) is 11.8 Å². The minimum atomic E-state index is -1.16. The molecule has 0 radical (unpaired) electrons. The molecule has 10 heteroatoms. The Kier molecular flexibility index (Phi) is 13.3. The number of hydrogen-bond donors (Lipinski definition) is 3. The SMILES string of the molecule is C[C@H](NC(=O)[C@H](Cc1ccccc1)NC(=O)OCc1ccccc1)C(=O)O.O=C(CCl)CCl. The molecule has 0 bridgehead atoms. The van der Waals surface area contributed by atoms with E-state index in [1.54, 1.807) is 0 Å². The Hall–Kier alpha value is -3.10. The molecule has 0 fully saturated rings. The first-order valence-electron chi connectivity index (χ1n) is 9.94. The van der Waals surface area contributed by atoms with E-state index in [1.807, 2.05) is 60.7 Å². The van der Waals surface area contributed by atoms with Gasteiger partial charge in [-0.15, -0.1) is 23.2 Å². The molecule has 0 aliphatic carbocycles. The number of carboxylic acids is 1. The molecule has 0 aliphatic heterocycles. The predicted molar refractivity (Wildman–Crippen MR) is 125 cm³/mol. The lowest BCUT2D eigenvalue weighted by Crippen LogP contribution is -2.51. The first kappa shape index (κ1) is 27.9.